The molecule has 0 saturated heterocycles. The molecule has 2 aromatic rings. The topological polar surface area (TPSA) is 58.2 Å². The molecule has 0 aliphatic heterocycles. The van der Waals surface area contributed by atoms with E-state index in [0.29, 0.717) is 17.2 Å². The zero-order valence-corrected chi connectivity index (χ0v) is 18.5. The normalized spacial score (nSPS) is 12.1. The van der Waals surface area contributed by atoms with Crippen molar-refractivity contribution in [2.45, 2.75) is 32.6 Å². The molecule has 2 aromatic carbocycles. The van der Waals surface area contributed by atoms with Gasteiger partial charge in [-0.05, 0) is 46.7 Å². The molecule has 0 aliphatic rings. The highest BCUT2D eigenvalue weighted by Crippen LogP contribution is 2.22. The summed E-state index contributed by atoms with van der Waals surface area (Å²) in [5, 5.41) is 3.22. The van der Waals surface area contributed by atoms with E-state index < -0.39 is 10.0 Å². The summed E-state index contributed by atoms with van der Waals surface area (Å²) < 4.78 is 24.9. The minimum absolute atomic E-state index is 0.151. The van der Waals surface area contributed by atoms with Crippen LogP contribution in [0.25, 0.3) is 6.08 Å². The van der Waals surface area contributed by atoms with E-state index in [4.69, 9.17) is 12.2 Å². The van der Waals surface area contributed by atoms with E-state index in [9.17, 15) is 8.42 Å². The Bertz CT molecular complexity index is 924. The summed E-state index contributed by atoms with van der Waals surface area (Å²) >= 11 is 5.36. The monoisotopic (exact) mass is 416 g/mol. The summed E-state index contributed by atoms with van der Waals surface area (Å²) in [5.41, 5.74) is 4.25. The number of nitrogens with one attached hydrogen (secondary N) is 2. The maximum absolute atomic E-state index is 11.2. The Labute approximate surface area is 174 Å². The van der Waals surface area contributed by atoms with Gasteiger partial charge in [-0.3, -0.25) is 4.72 Å². The highest BCUT2D eigenvalue weighted by Gasteiger charge is 2.12. The van der Waals surface area contributed by atoms with E-state index in [2.05, 4.69) is 55.1 Å². The number of hydrogen-bond donors (Lipinski definition) is 2. The Morgan fingerprint density at radius 3 is 2.18 bits per heavy atom. The average molecular weight is 417 g/mol. The smallest absolute Gasteiger partial charge is 0.229 e. The molecule has 0 spiro atoms. The van der Waals surface area contributed by atoms with Crippen LogP contribution in [-0.2, 0) is 21.9 Å². The van der Waals surface area contributed by atoms with Crippen molar-refractivity contribution in [3.63, 3.8) is 0 Å². The molecule has 28 heavy (non-hydrogen) atoms. The third kappa shape index (κ3) is 7.82. The van der Waals surface area contributed by atoms with Crippen molar-refractivity contribution in [2.75, 3.05) is 17.5 Å². The van der Waals surface area contributed by atoms with Crippen LogP contribution in [0.5, 0.6) is 0 Å². The Kier molecular flexibility index (Phi) is 7.38. The molecule has 0 atom stereocenters. The van der Waals surface area contributed by atoms with E-state index in [0.717, 1.165) is 23.8 Å². The Hall–Kier alpha value is -2.18. The molecule has 6 heteroatoms. The van der Waals surface area contributed by atoms with Crippen molar-refractivity contribution in [1.29, 1.82) is 0 Å². The fourth-order valence-corrected chi connectivity index (χ4v) is 3.34. The van der Waals surface area contributed by atoms with Gasteiger partial charge in [-0.25, -0.2) is 8.42 Å². The van der Waals surface area contributed by atoms with E-state index >= 15 is 0 Å². The third-order valence-electron chi connectivity index (χ3n) is 4.17. The summed E-state index contributed by atoms with van der Waals surface area (Å²) in [5.74, 6) is 0. The fourth-order valence-electron chi connectivity index (χ4n) is 2.61. The van der Waals surface area contributed by atoms with Crippen molar-refractivity contribution in [3.05, 3.63) is 71.3 Å². The first-order valence-corrected chi connectivity index (χ1v) is 11.5. The minimum Gasteiger partial charge on any atom is -0.376 e. The SMILES string of the molecule is CC(C)(C)c1ccc(C=CC(=S)NCCc2ccc(NS(C)(=O)=O)cc2)cc1. The molecule has 0 radical (unpaired) electrons. The van der Waals surface area contributed by atoms with Crippen molar-refractivity contribution in [3.8, 4) is 0 Å². The lowest BCUT2D eigenvalue weighted by atomic mass is 9.87. The molecule has 0 unspecified atom stereocenters. The number of anilines is 1. The molecule has 2 rings (SSSR count). The Morgan fingerprint density at radius 1 is 1.04 bits per heavy atom. The van der Waals surface area contributed by atoms with Gasteiger partial charge in [0.15, 0.2) is 0 Å². The molecule has 150 valence electrons. The van der Waals surface area contributed by atoms with Crippen molar-refractivity contribution >= 4 is 39.0 Å². The molecule has 2 N–H and O–H groups in total. The quantitative estimate of drug-likeness (QED) is 0.514. The fraction of sp³-hybridized carbons (Fsp3) is 0.318. The van der Waals surface area contributed by atoms with Gasteiger partial charge in [0, 0.05) is 12.2 Å². The first kappa shape index (κ1) is 22.1. The van der Waals surface area contributed by atoms with Crippen LogP contribution in [-0.4, -0.2) is 26.2 Å². The number of sulfonamides is 1. The van der Waals surface area contributed by atoms with E-state index in [1.54, 1.807) is 12.1 Å². The molecule has 0 heterocycles. The predicted octanol–water partition coefficient (Wildman–Crippen LogP) is 4.53. The molecule has 0 fully saturated rings. The lowest BCUT2D eigenvalue weighted by Gasteiger charge is -2.18. The number of benzene rings is 2. The van der Waals surface area contributed by atoms with Gasteiger partial charge in [0.05, 0.1) is 11.2 Å². The molecule has 4 nitrogen and oxygen atoms in total. The second kappa shape index (κ2) is 9.34. The molecule has 0 bridgehead atoms. The third-order valence-corrected chi connectivity index (χ3v) is 5.06. The van der Waals surface area contributed by atoms with Crippen molar-refractivity contribution in [2.24, 2.45) is 0 Å². The zero-order chi connectivity index (χ0) is 20.8. The first-order chi connectivity index (χ1) is 13.0. The van der Waals surface area contributed by atoms with Gasteiger partial charge in [-0.15, -0.1) is 0 Å². The van der Waals surface area contributed by atoms with E-state index in [-0.39, 0.29) is 5.41 Å². The predicted molar refractivity (Wildman–Crippen MR) is 123 cm³/mol. The van der Waals surface area contributed by atoms with Gasteiger partial charge in [0.1, 0.15) is 0 Å². The molecular formula is C22H28N2O2S2. The van der Waals surface area contributed by atoms with E-state index in [1.807, 2.05) is 24.3 Å². The van der Waals surface area contributed by atoms with Gasteiger partial charge in [-0.1, -0.05) is 75.5 Å². The second-order valence-corrected chi connectivity index (χ2v) is 10.0. The highest BCUT2D eigenvalue weighted by atomic mass is 32.2. The second-order valence-electron chi connectivity index (χ2n) is 7.82. The van der Waals surface area contributed by atoms with Gasteiger partial charge in [0.2, 0.25) is 10.0 Å². The van der Waals surface area contributed by atoms with Gasteiger partial charge in [-0.2, -0.15) is 0 Å². The van der Waals surface area contributed by atoms with Crippen molar-refractivity contribution in [1.82, 2.24) is 5.32 Å². The maximum Gasteiger partial charge on any atom is 0.229 e. The van der Waals surface area contributed by atoms with Crippen LogP contribution in [0, 0.1) is 0 Å². The van der Waals surface area contributed by atoms with Gasteiger partial charge in [0.25, 0.3) is 0 Å². The van der Waals surface area contributed by atoms with Gasteiger partial charge < -0.3 is 5.32 Å². The van der Waals surface area contributed by atoms with Crippen molar-refractivity contribution < 1.29 is 8.42 Å². The van der Waals surface area contributed by atoms with Crippen LogP contribution in [0.2, 0.25) is 0 Å². The summed E-state index contributed by atoms with van der Waals surface area (Å²) in [4.78, 5) is 0.690. The lowest BCUT2D eigenvalue weighted by molar-refractivity contribution is 0.590. The molecular weight excluding hydrogens is 388 g/mol. The van der Waals surface area contributed by atoms with Crippen LogP contribution in [0.1, 0.15) is 37.5 Å². The first-order valence-electron chi connectivity index (χ1n) is 9.16. The standard InChI is InChI=1S/C22H28N2O2S2/c1-22(2,3)19-10-5-17(6-11-19)9-14-21(27)23-16-15-18-7-12-20(13-8-18)24-28(4,25)26/h5-14,24H,15-16H2,1-4H3,(H,23,27). The summed E-state index contributed by atoms with van der Waals surface area (Å²) in [6.45, 7) is 7.32. The van der Waals surface area contributed by atoms with Crippen LogP contribution in [0.4, 0.5) is 5.69 Å². The van der Waals surface area contributed by atoms with Gasteiger partial charge >= 0.3 is 0 Å². The summed E-state index contributed by atoms with van der Waals surface area (Å²) in [6, 6.07) is 15.8. The van der Waals surface area contributed by atoms with E-state index in [1.165, 1.54) is 5.56 Å². The summed E-state index contributed by atoms with van der Waals surface area (Å²) in [6.07, 6.45) is 5.85. The Balaban J connectivity index is 1.80. The zero-order valence-electron chi connectivity index (χ0n) is 16.8. The molecule has 0 amide bonds. The maximum atomic E-state index is 11.2. The largest absolute Gasteiger partial charge is 0.376 e. The number of hydrogen-bond acceptors (Lipinski definition) is 3. The van der Waals surface area contributed by atoms with Crippen LogP contribution < -0.4 is 10.0 Å². The molecule has 0 aliphatic carbocycles. The highest BCUT2D eigenvalue weighted by molar-refractivity contribution is 7.92. The molecule has 0 aromatic heterocycles. The Morgan fingerprint density at radius 2 is 1.64 bits per heavy atom. The average Bonchev–Trinajstić information content (AvgIpc) is 2.60. The minimum atomic E-state index is -3.24. The lowest BCUT2D eigenvalue weighted by Crippen LogP contribution is -2.21. The number of thiocarbonyl (C=S) groups is 1. The molecule has 0 saturated carbocycles. The van der Waals surface area contributed by atoms with Crippen LogP contribution in [0.3, 0.4) is 0 Å². The van der Waals surface area contributed by atoms with Crippen LogP contribution in [0.15, 0.2) is 54.6 Å². The number of rotatable bonds is 7. The van der Waals surface area contributed by atoms with Crippen LogP contribution >= 0.6 is 12.2 Å². The summed E-state index contributed by atoms with van der Waals surface area (Å²) in [7, 11) is -3.24.